The number of benzene rings is 2. The van der Waals surface area contributed by atoms with Crippen LogP contribution in [0.4, 0.5) is 13.2 Å². The Morgan fingerprint density at radius 1 is 0.583 bits per heavy atom. The summed E-state index contributed by atoms with van der Waals surface area (Å²) in [5.41, 5.74) is 3.58. The normalized spacial score (nSPS) is 10.8. The van der Waals surface area contributed by atoms with Crippen molar-refractivity contribution in [3.63, 3.8) is 0 Å². The molecule has 0 unspecified atom stereocenters. The second-order valence-electron chi connectivity index (χ2n) is 10.9. The van der Waals surface area contributed by atoms with Gasteiger partial charge in [-0.1, -0.05) is 47.5 Å². The largest absolute Gasteiger partial charge is 0.270 e. The molecule has 6 rings (SSSR count). The molecule has 0 amide bonds. The summed E-state index contributed by atoms with van der Waals surface area (Å²) in [5.74, 6) is -2.49. The number of nitrogens with zero attached hydrogens (tertiary/aromatic N) is 6. The van der Waals surface area contributed by atoms with E-state index in [0.717, 1.165) is 17.2 Å². The van der Waals surface area contributed by atoms with Gasteiger partial charge in [-0.05, 0) is 92.6 Å². The van der Waals surface area contributed by atoms with Crippen molar-refractivity contribution in [3.05, 3.63) is 161 Å². The molecular weight excluding hydrogens is 664 g/mol. The van der Waals surface area contributed by atoms with Crippen LogP contribution in [0.1, 0.15) is 27.9 Å². The van der Waals surface area contributed by atoms with Gasteiger partial charge in [-0.2, -0.15) is 28.4 Å². The lowest BCUT2D eigenvalue weighted by Crippen LogP contribution is -2.26. The summed E-state index contributed by atoms with van der Waals surface area (Å²) < 4.78 is 43.5. The predicted octanol–water partition coefficient (Wildman–Crippen LogP) is 7.36. The molecule has 0 atom stereocenters. The molecule has 244 valence electrons. The molecule has 13 heteroatoms. The summed E-state index contributed by atoms with van der Waals surface area (Å²) in [6.45, 7) is 5.51. The van der Waals surface area contributed by atoms with Gasteiger partial charge in [0.15, 0.2) is 0 Å². The Balaban J connectivity index is 0.000000188. The van der Waals surface area contributed by atoms with Crippen LogP contribution in [0.15, 0.2) is 94.5 Å². The van der Waals surface area contributed by atoms with Gasteiger partial charge in [-0.3, -0.25) is 9.59 Å². The van der Waals surface area contributed by atoms with Gasteiger partial charge >= 0.3 is 0 Å². The summed E-state index contributed by atoms with van der Waals surface area (Å²) >= 11 is 11.7. The standard InChI is InChI=1S/C18H15ClFN3O.C17H12ClF2N3O/c1-11-9-16(15-8-3-12(2)21-17(15)20)22-23(18(11)24)10-13-4-6-14(19)7-5-13;1-10-8-14(13-6-7-15(19)21-16(13)20)22-23(17(10)24)9-11-2-4-12(18)5-3-11/h3-9H,10H2,1-2H3;2-8H,9H2,1H3. The maximum Gasteiger partial charge on any atom is 0.270 e. The molecular formula is C35H27Cl2F3N6O2. The van der Waals surface area contributed by atoms with Crippen LogP contribution in [0, 0.1) is 38.6 Å². The van der Waals surface area contributed by atoms with Gasteiger partial charge in [0.2, 0.25) is 17.8 Å². The van der Waals surface area contributed by atoms with Gasteiger partial charge in [-0.25, -0.2) is 14.3 Å². The monoisotopic (exact) mass is 690 g/mol. The van der Waals surface area contributed by atoms with E-state index in [0.29, 0.717) is 32.6 Å². The molecule has 0 aliphatic heterocycles. The molecule has 0 N–H and O–H groups in total. The van der Waals surface area contributed by atoms with E-state index in [2.05, 4.69) is 20.2 Å². The third-order valence-corrected chi connectivity index (χ3v) is 7.66. The van der Waals surface area contributed by atoms with E-state index in [1.54, 1.807) is 75.4 Å². The molecule has 4 aromatic heterocycles. The summed E-state index contributed by atoms with van der Waals surface area (Å²) in [7, 11) is 0. The fraction of sp³-hybridized carbons (Fsp3) is 0.143. The Labute approximate surface area is 283 Å². The molecule has 8 nitrogen and oxygen atoms in total. The molecule has 0 saturated heterocycles. The van der Waals surface area contributed by atoms with Crippen LogP contribution in [0.5, 0.6) is 0 Å². The zero-order valence-corrected chi connectivity index (χ0v) is 27.4. The molecule has 0 bridgehead atoms. The van der Waals surface area contributed by atoms with Crippen molar-refractivity contribution in [2.45, 2.75) is 33.9 Å². The van der Waals surface area contributed by atoms with Crippen molar-refractivity contribution in [1.29, 1.82) is 0 Å². The Kier molecular flexibility index (Phi) is 10.5. The SMILES string of the molecule is Cc1cc(-c2ccc(F)nc2F)nn(Cc2ccc(Cl)cc2)c1=O.Cc1ccc(-c2cc(C)c(=O)n(Cc3ccc(Cl)cc3)n2)c(F)n1. The van der Waals surface area contributed by atoms with Gasteiger partial charge < -0.3 is 0 Å². The number of aryl methyl sites for hydroxylation is 3. The summed E-state index contributed by atoms with van der Waals surface area (Å²) in [6, 6.07) is 22.8. The molecule has 0 saturated carbocycles. The first-order valence-corrected chi connectivity index (χ1v) is 15.3. The first-order valence-electron chi connectivity index (χ1n) is 14.5. The van der Waals surface area contributed by atoms with E-state index in [1.165, 1.54) is 21.5 Å². The zero-order chi connectivity index (χ0) is 34.5. The minimum Gasteiger partial charge on any atom is -0.268 e. The molecule has 0 radical (unpaired) electrons. The van der Waals surface area contributed by atoms with E-state index >= 15 is 0 Å². The molecule has 48 heavy (non-hydrogen) atoms. The van der Waals surface area contributed by atoms with Crippen molar-refractivity contribution in [2.24, 2.45) is 0 Å². The van der Waals surface area contributed by atoms with E-state index in [9.17, 15) is 22.8 Å². The smallest absolute Gasteiger partial charge is 0.268 e. The predicted molar refractivity (Wildman–Crippen MR) is 179 cm³/mol. The number of hydrogen-bond acceptors (Lipinski definition) is 6. The number of halogens is 5. The van der Waals surface area contributed by atoms with Crippen molar-refractivity contribution in [1.82, 2.24) is 29.5 Å². The molecule has 6 aromatic rings. The molecule has 0 aliphatic rings. The average Bonchev–Trinajstić information content (AvgIpc) is 3.04. The van der Waals surface area contributed by atoms with Gasteiger partial charge in [0.25, 0.3) is 11.1 Å². The van der Waals surface area contributed by atoms with Crippen LogP contribution in [-0.2, 0) is 13.1 Å². The minimum absolute atomic E-state index is 0.0318. The maximum absolute atomic E-state index is 14.1. The topological polar surface area (TPSA) is 95.6 Å². The number of pyridine rings is 2. The lowest BCUT2D eigenvalue weighted by molar-refractivity contribution is 0.514. The summed E-state index contributed by atoms with van der Waals surface area (Å²) in [5, 5.41) is 9.69. The third-order valence-electron chi connectivity index (χ3n) is 7.15. The first kappa shape index (κ1) is 34.2. The second kappa shape index (κ2) is 14.7. The van der Waals surface area contributed by atoms with Crippen LogP contribution in [0.3, 0.4) is 0 Å². The maximum atomic E-state index is 14.1. The van der Waals surface area contributed by atoms with Crippen LogP contribution in [0.2, 0.25) is 10.0 Å². The quantitative estimate of drug-likeness (QED) is 0.170. The fourth-order valence-electron chi connectivity index (χ4n) is 4.67. The number of rotatable bonds is 6. The highest BCUT2D eigenvalue weighted by Gasteiger charge is 2.14. The minimum atomic E-state index is -0.974. The van der Waals surface area contributed by atoms with E-state index in [4.69, 9.17) is 23.2 Å². The highest BCUT2D eigenvalue weighted by Crippen LogP contribution is 2.21. The Morgan fingerprint density at radius 3 is 1.42 bits per heavy atom. The van der Waals surface area contributed by atoms with Crippen molar-refractivity contribution >= 4 is 23.2 Å². The molecule has 0 aliphatic carbocycles. The van der Waals surface area contributed by atoms with Gasteiger partial charge in [0.1, 0.15) is 0 Å². The van der Waals surface area contributed by atoms with E-state index in [-0.39, 0.29) is 41.0 Å². The lowest BCUT2D eigenvalue weighted by atomic mass is 10.1. The van der Waals surface area contributed by atoms with Crippen LogP contribution >= 0.6 is 23.2 Å². The van der Waals surface area contributed by atoms with Crippen molar-refractivity contribution in [3.8, 4) is 22.5 Å². The van der Waals surface area contributed by atoms with Crippen molar-refractivity contribution < 1.29 is 13.2 Å². The number of hydrogen-bond donors (Lipinski definition) is 0. The Bertz CT molecular complexity index is 2070. The molecule has 4 heterocycles. The van der Waals surface area contributed by atoms with Gasteiger partial charge in [0, 0.05) is 26.9 Å². The molecule has 0 spiro atoms. The molecule has 0 fully saturated rings. The zero-order valence-electron chi connectivity index (χ0n) is 25.9. The van der Waals surface area contributed by atoms with Crippen LogP contribution in [-0.4, -0.2) is 29.5 Å². The Hall–Kier alpha value is -5.13. The van der Waals surface area contributed by atoms with Gasteiger partial charge in [-0.15, -0.1) is 0 Å². The van der Waals surface area contributed by atoms with E-state index in [1.807, 2.05) is 12.1 Å². The number of aromatic nitrogens is 6. The Morgan fingerprint density at radius 2 is 1.00 bits per heavy atom. The third kappa shape index (κ3) is 8.23. The lowest BCUT2D eigenvalue weighted by Gasteiger charge is -2.10. The van der Waals surface area contributed by atoms with Crippen LogP contribution < -0.4 is 11.1 Å². The van der Waals surface area contributed by atoms with Gasteiger partial charge in [0.05, 0.1) is 35.6 Å². The highest BCUT2D eigenvalue weighted by atomic mass is 35.5. The van der Waals surface area contributed by atoms with E-state index < -0.39 is 17.8 Å². The first-order chi connectivity index (χ1) is 22.9. The second-order valence-corrected chi connectivity index (χ2v) is 11.7. The fourth-order valence-corrected chi connectivity index (χ4v) is 4.92. The summed E-state index contributed by atoms with van der Waals surface area (Å²) in [4.78, 5) is 31.6. The van der Waals surface area contributed by atoms with Crippen molar-refractivity contribution in [2.75, 3.05) is 0 Å². The highest BCUT2D eigenvalue weighted by molar-refractivity contribution is 6.30. The van der Waals surface area contributed by atoms with Crippen LogP contribution in [0.25, 0.3) is 22.5 Å². The summed E-state index contributed by atoms with van der Waals surface area (Å²) in [6.07, 6.45) is 0. The molecule has 2 aromatic carbocycles. The average molecular weight is 692 g/mol.